The van der Waals surface area contributed by atoms with Gasteiger partial charge in [-0.3, -0.25) is 0 Å². The van der Waals surface area contributed by atoms with E-state index in [0.717, 1.165) is 10.9 Å². The van der Waals surface area contributed by atoms with Crippen molar-refractivity contribution in [3.8, 4) is 0 Å². The van der Waals surface area contributed by atoms with Gasteiger partial charge >= 0.3 is 11.3 Å². The molecule has 0 aliphatic carbocycles. The van der Waals surface area contributed by atoms with Crippen molar-refractivity contribution in [3.63, 3.8) is 0 Å². The van der Waals surface area contributed by atoms with Gasteiger partial charge in [0.05, 0.1) is 28.4 Å². The van der Waals surface area contributed by atoms with E-state index in [1.54, 1.807) is 19.1 Å². The van der Waals surface area contributed by atoms with Crippen LogP contribution in [-0.2, 0) is 0 Å². The van der Waals surface area contributed by atoms with Crippen molar-refractivity contribution < 1.29 is 8.83 Å². The first-order valence-electron chi connectivity index (χ1n) is 8.66. The van der Waals surface area contributed by atoms with Crippen molar-refractivity contribution in [2.75, 3.05) is 5.32 Å². The van der Waals surface area contributed by atoms with Crippen LogP contribution in [0, 0.1) is 6.92 Å². The Morgan fingerprint density at radius 2 is 1.56 bits per heavy atom. The topological polar surface area (TPSA) is 72.5 Å². The van der Waals surface area contributed by atoms with Gasteiger partial charge in [-0.05, 0) is 24.6 Å². The number of hydrogen-bond acceptors (Lipinski definition) is 5. The minimum Gasteiger partial charge on any atom is -0.428 e. The highest BCUT2D eigenvalue weighted by atomic mass is 16.4. The first-order chi connectivity index (χ1) is 13.1. The van der Waals surface area contributed by atoms with E-state index >= 15 is 0 Å². The summed E-state index contributed by atoms with van der Waals surface area (Å²) in [5.41, 5.74) is 2.59. The third kappa shape index (κ3) is 2.32. The van der Waals surface area contributed by atoms with Crippen LogP contribution >= 0.6 is 0 Å². The number of para-hydroxylation sites is 1. The number of nitrogens with one attached hydrogen (secondary N) is 1. The van der Waals surface area contributed by atoms with Crippen LogP contribution in [0.25, 0.3) is 11.0 Å². The summed E-state index contributed by atoms with van der Waals surface area (Å²) in [6.07, 6.45) is 0. The zero-order chi connectivity index (χ0) is 18.5. The fourth-order valence-electron chi connectivity index (χ4n) is 3.82. The van der Waals surface area contributed by atoms with Gasteiger partial charge in [0.15, 0.2) is 0 Å². The molecule has 1 aliphatic rings. The van der Waals surface area contributed by atoms with Crippen LogP contribution in [0.3, 0.4) is 0 Å². The first kappa shape index (κ1) is 15.6. The summed E-state index contributed by atoms with van der Waals surface area (Å²) in [5.74, 6) is -0.0519. The number of hydrogen-bond donors (Lipinski definition) is 1. The summed E-state index contributed by atoms with van der Waals surface area (Å²) in [7, 11) is 0. The monoisotopic (exact) mass is 357 g/mol. The molecule has 0 amide bonds. The molecule has 2 aromatic carbocycles. The summed E-state index contributed by atoms with van der Waals surface area (Å²) in [6.45, 7) is 1.73. The van der Waals surface area contributed by atoms with Gasteiger partial charge in [0, 0.05) is 11.5 Å². The number of anilines is 2. The van der Waals surface area contributed by atoms with E-state index in [1.165, 1.54) is 0 Å². The highest BCUT2D eigenvalue weighted by Crippen LogP contribution is 2.44. The van der Waals surface area contributed by atoms with Gasteiger partial charge in [-0.25, -0.2) is 9.59 Å². The van der Waals surface area contributed by atoms with Gasteiger partial charge in [0.1, 0.15) is 11.3 Å². The summed E-state index contributed by atoms with van der Waals surface area (Å²) < 4.78 is 10.9. The van der Waals surface area contributed by atoms with E-state index < -0.39 is 17.2 Å². The Morgan fingerprint density at radius 3 is 2.37 bits per heavy atom. The molecule has 27 heavy (non-hydrogen) atoms. The molecule has 0 spiro atoms. The van der Waals surface area contributed by atoms with Gasteiger partial charge in [0.2, 0.25) is 0 Å². The second kappa shape index (κ2) is 5.71. The van der Waals surface area contributed by atoms with Crippen LogP contribution in [0.15, 0.2) is 79.1 Å². The smallest absolute Gasteiger partial charge is 0.342 e. The van der Waals surface area contributed by atoms with Crippen molar-refractivity contribution in [1.82, 2.24) is 0 Å². The van der Waals surface area contributed by atoms with Crippen molar-refractivity contribution in [3.05, 3.63) is 104 Å². The average Bonchev–Trinajstić information content (AvgIpc) is 2.67. The Labute approximate surface area is 153 Å². The molecule has 4 aromatic rings. The maximum Gasteiger partial charge on any atom is 0.342 e. The fourth-order valence-corrected chi connectivity index (χ4v) is 3.82. The van der Waals surface area contributed by atoms with Crippen molar-refractivity contribution in [2.24, 2.45) is 0 Å². The van der Waals surface area contributed by atoms with E-state index in [-0.39, 0.29) is 0 Å². The number of rotatable bonds is 1. The lowest BCUT2D eigenvalue weighted by molar-refractivity contribution is 0.470. The molecule has 5 rings (SSSR count). The van der Waals surface area contributed by atoms with Crippen molar-refractivity contribution >= 4 is 22.3 Å². The molecule has 5 nitrogen and oxygen atoms in total. The Balaban J connectivity index is 1.93. The normalized spacial score (nSPS) is 15.1. The van der Waals surface area contributed by atoms with Gasteiger partial charge in [-0.1, -0.05) is 42.5 Å². The Bertz CT molecular complexity index is 1300. The number of benzene rings is 2. The largest absolute Gasteiger partial charge is 0.428 e. The minimum atomic E-state index is -0.560. The molecule has 0 saturated heterocycles. The van der Waals surface area contributed by atoms with Crippen LogP contribution in [0.4, 0.5) is 11.4 Å². The van der Waals surface area contributed by atoms with E-state index in [1.807, 2.05) is 48.5 Å². The zero-order valence-electron chi connectivity index (χ0n) is 14.5. The molecule has 3 heterocycles. The van der Waals surface area contributed by atoms with Crippen molar-refractivity contribution in [1.29, 1.82) is 0 Å². The molecular weight excluding hydrogens is 342 g/mol. The molecule has 132 valence electrons. The minimum absolute atomic E-state index is 0.418. The van der Waals surface area contributed by atoms with Crippen LogP contribution in [0.1, 0.15) is 28.4 Å². The summed E-state index contributed by atoms with van der Waals surface area (Å²) in [5, 5.41) is 4.08. The lowest BCUT2D eigenvalue weighted by atomic mass is 9.82. The number of fused-ring (bicyclic) bond motifs is 4. The van der Waals surface area contributed by atoms with E-state index in [9.17, 15) is 9.59 Å². The van der Waals surface area contributed by atoms with Crippen LogP contribution < -0.4 is 16.6 Å². The number of aryl methyl sites for hydroxylation is 1. The lowest BCUT2D eigenvalue weighted by Crippen LogP contribution is -2.27. The Hall–Kier alpha value is -3.60. The molecular formula is C22H15NO4. The predicted molar refractivity (Wildman–Crippen MR) is 103 cm³/mol. The molecule has 0 saturated carbocycles. The maximum absolute atomic E-state index is 12.9. The molecule has 1 N–H and O–H groups in total. The van der Waals surface area contributed by atoms with Gasteiger partial charge in [-0.15, -0.1) is 0 Å². The van der Waals surface area contributed by atoms with Crippen molar-refractivity contribution in [2.45, 2.75) is 12.8 Å². The molecule has 5 heteroatoms. The zero-order valence-corrected chi connectivity index (χ0v) is 14.5. The molecule has 0 bridgehead atoms. The summed E-state index contributed by atoms with van der Waals surface area (Å²) in [6, 6.07) is 18.6. The predicted octanol–water partition coefficient (Wildman–Crippen LogP) is 4.29. The van der Waals surface area contributed by atoms with E-state index in [4.69, 9.17) is 8.83 Å². The van der Waals surface area contributed by atoms with Crippen LogP contribution in [0.2, 0.25) is 0 Å². The van der Waals surface area contributed by atoms with E-state index in [0.29, 0.717) is 33.8 Å². The van der Waals surface area contributed by atoms with Gasteiger partial charge < -0.3 is 14.2 Å². The van der Waals surface area contributed by atoms with E-state index in [2.05, 4.69) is 5.32 Å². The highest BCUT2D eigenvalue weighted by Gasteiger charge is 2.35. The first-order valence-corrected chi connectivity index (χ1v) is 8.66. The summed E-state index contributed by atoms with van der Waals surface area (Å²) >= 11 is 0. The molecule has 0 fully saturated rings. The standard InChI is InChI=1S/C22H15NO4/c1-12-11-15-18(21(24)26-12)17(13-7-3-2-4-8-13)19-20(23-15)14-9-5-6-10-16(14)27-22(19)25/h2-11,17,23H,1H3. The summed E-state index contributed by atoms with van der Waals surface area (Å²) in [4.78, 5) is 25.6. The maximum atomic E-state index is 12.9. The molecule has 1 unspecified atom stereocenters. The molecule has 1 aliphatic heterocycles. The Morgan fingerprint density at radius 1 is 0.852 bits per heavy atom. The Kier molecular flexibility index (Phi) is 3.31. The fraction of sp³-hybridized carbons (Fsp3) is 0.0909. The second-order valence-electron chi connectivity index (χ2n) is 6.61. The van der Waals surface area contributed by atoms with Gasteiger partial charge in [-0.2, -0.15) is 0 Å². The van der Waals surface area contributed by atoms with Crippen LogP contribution in [0.5, 0.6) is 0 Å². The third-order valence-corrected chi connectivity index (χ3v) is 4.93. The highest BCUT2D eigenvalue weighted by molar-refractivity contribution is 5.96. The lowest BCUT2D eigenvalue weighted by Gasteiger charge is -2.28. The second-order valence-corrected chi connectivity index (χ2v) is 6.61. The average molecular weight is 357 g/mol. The van der Waals surface area contributed by atoms with Crippen LogP contribution in [-0.4, -0.2) is 0 Å². The quantitative estimate of drug-likeness (QED) is 0.453. The molecule has 2 aromatic heterocycles. The molecule has 0 radical (unpaired) electrons. The van der Waals surface area contributed by atoms with Gasteiger partial charge in [0.25, 0.3) is 0 Å². The third-order valence-electron chi connectivity index (χ3n) is 4.93. The SMILES string of the molecule is Cc1cc2c(c(=O)o1)C(c1ccccc1)c1c(c3ccccc3oc1=O)N2. The molecule has 1 atom stereocenters.